The second-order valence-electron chi connectivity index (χ2n) is 7.62. The largest absolute Gasteiger partial charge is 0.369 e. The van der Waals surface area contributed by atoms with Gasteiger partial charge in [0.25, 0.3) is 0 Å². The number of pyridine rings is 1. The van der Waals surface area contributed by atoms with E-state index in [1.807, 2.05) is 42.6 Å². The van der Waals surface area contributed by atoms with E-state index in [9.17, 15) is 0 Å². The predicted molar refractivity (Wildman–Crippen MR) is 122 cm³/mol. The molecule has 0 bridgehead atoms. The number of fused-ring (bicyclic) bond motifs is 1. The van der Waals surface area contributed by atoms with E-state index in [1.54, 1.807) is 6.20 Å². The van der Waals surface area contributed by atoms with Crippen LogP contribution < -0.4 is 10.2 Å². The van der Waals surface area contributed by atoms with Crippen LogP contribution in [0.3, 0.4) is 0 Å². The lowest BCUT2D eigenvalue weighted by Crippen LogP contribution is -2.44. The van der Waals surface area contributed by atoms with E-state index >= 15 is 0 Å². The lowest BCUT2D eigenvalue weighted by Gasteiger charge is -2.34. The summed E-state index contributed by atoms with van der Waals surface area (Å²) in [4.78, 5) is 18.6. The van der Waals surface area contributed by atoms with E-state index < -0.39 is 0 Å². The zero-order chi connectivity index (χ0) is 20.3. The van der Waals surface area contributed by atoms with Crippen LogP contribution in [0.1, 0.15) is 0 Å². The summed E-state index contributed by atoms with van der Waals surface area (Å²) in [6.07, 6.45) is 3.65. The summed E-state index contributed by atoms with van der Waals surface area (Å²) in [5.41, 5.74) is 4.98. The van der Waals surface area contributed by atoms with Gasteiger partial charge in [-0.25, -0.2) is 9.97 Å². The molecule has 0 radical (unpaired) electrons. The van der Waals surface area contributed by atoms with Gasteiger partial charge >= 0.3 is 0 Å². The summed E-state index contributed by atoms with van der Waals surface area (Å²) in [5, 5.41) is 4.31. The minimum absolute atomic E-state index is 0.569. The molecule has 1 saturated heterocycles. The SMILES string of the molecule is CN1CCN(c2ccc(Nc3ncc4ccnc(-c5ccccc5)c4n3)cc2)CC1. The molecule has 0 atom stereocenters. The summed E-state index contributed by atoms with van der Waals surface area (Å²) < 4.78 is 0. The zero-order valence-corrected chi connectivity index (χ0v) is 17.0. The average Bonchev–Trinajstić information content (AvgIpc) is 2.80. The molecule has 5 rings (SSSR count). The summed E-state index contributed by atoms with van der Waals surface area (Å²) in [7, 11) is 2.17. The highest BCUT2D eigenvalue weighted by Crippen LogP contribution is 2.26. The molecule has 3 heterocycles. The number of nitrogens with one attached hydrogen (secondary N) is 1. The van der Waals surface area contributed by atoms with E-state index in [0.29, 0.717) is 5.95 Å². The van der Waals surface area contributed by atoms with Crippen LogP contribution in [0.5, 0.6) is 0 Å². The molecule has 0 saturated carbocycles. The Morgan fingerprint density at radius 1 is 0.833 bits per heavy atom. The van der Waals surface area contributed by atoms with Crippen molar-refractivity contribution in [1.82, 2.24) is 19.9 Å². The smallest absolute Gasteiger partial charge is 0.227 e. The van der Waals surface area contributed by atoms with Crippen molar-refractivity contribution in [1.29, 1.82) is 0 Å². The standard InChI is InChI=1S/C24H24N6/c1-29-13-15-30(16-14-29)21-9-7-20(8-10-21)27-24-26-17-19-11-12-25-22(23(19)28-24)18-5-3-2-4-6-18/h2-12,17H,13-16H2,1H3,(H,26,27,28). The molecule has 0 amide bonds. The molecule has 0 unspecified atom stereocenters. The maximum Gasteiger partial charge on any atom is 0.227 e. The number of piperazine rings is 1. The van der Waals surface area contributed by atoms with Gasteiger partial charge in [-0.15, -0.1) is 0 Å². The Bertz CT molecular complexity index is 1140. The Hall–Kier alpha value is -3.51. The first-order valence-corrected chi connectivity index (χ1v) is 10.2. The molecule has 1 aliphatic rings. The van der Waals surface area contributed by atoms with Crippen molar-refractivity contribution < 1.29 is 0 Å². The van der Waals surface area contributed by atoms with Crippen molar-refractivity contribution in [3.05, 3.63) is 73.1 Å². The van der Waals surface area contributed by atoms with E-state index in [4.69, 9.17) is 4.98 Å². The number of likely N-dealkylation sites (N-methyl/N-ethyl adjacent to an activating group) is 1. The van der Waals surface area contributed by atoms with Crippen molar-refractivity contribution in [3.8, 4) is 11.3 Å². The summed E-state index contributed by atoms with van der Waals surface area (Å²) in [5.74, 6) is 0.569. The van der Waals surface area contributed by atoms with Gasteiger partial charge < -0.3 is 15.1 Å². The second kappa shape index (κ2) is 8.08. The van der Waals surface area contributed by atoms with Crippen LogP contribution in [-0.2, 0) is 0 Å². The van der Waals surface area contributed by atoms with Crippen molar-refractivity contribution in [2.75, 3.05) is 43.4 Å². The molecule has 4 aromatic rings. The third kappa shape index (κ3) is 3.82. The molecule has 0 aliphatic carbocycles. The quantitative estimate of drug-likeness (QED) is 0.558. The zero-order valence-electron chi connectivity index (χ0n) is 17.0. The van der Waals surface area contributed by atoms with Gasteiger partial charge in [-0.1, -0.05) is 30.3 Å². The summed E-state index contributed by atoms with van der Waals surface area (Å²) >= 11 is 0. The second-order valence-corrected chi connectivity index (χ2v) is 7.62. The Morgan fingerprint density at radius 3 is 2.37 bits per heavy atom. The number of hydrogen-bond acceptors (Lipinski definition) is 6. The highest BCUT2D eigenvalue weighted by atomic mass is 15.2. The average molecular weight is 396 g/mol. The molecule has 1 aliphatic heterocycles. The fraction of sp³-hybridized carbons (Fsp3) is 0.208. The van der Waals surface area contributed by atoms with Gasteiger partial charge in [0, 0.05) is 60.9 Å². The van der Waals surface area contributed by atoms with Crippen LogP contribution in [0.25, 0.3) is 22.2 Å². The highest BCUT2D eigenvalue weighted by Gasteiger charge is 2.14. The van der Waals surface area contributed by atoms with Crippen LogP contribution in [0.2, 0.25) is 0 Å². The van der Waals surface area contributed by atoms with Gasteiger partial charge in [0.2, 0.25) is 5.95 Å². The van der Waals surface area contributed by atoms with E-state index in [0.717, 1.165) is 54.0 Å². The molecular formula is C24H24N6. The third-order valence-corrected chi connectivity index (χ3v) is 5.54. The Labute approximate surface area is 176 Å². The summed E-state index contributed by atoms with van der Waals surface area (Å²) in [6, 6.07) is 20.6. The Balaban J connectivity index is 1.39. The first kappa shape index (κ1) is 18.5. The molecule has 2 aromatic heterocycles. The minimum atomic E-state index is 0.569. The number of hydrogen-bond donors (Lipinski definition) is 1. The first-order valence-electron chi connectivity index (χ1n) is 10.2. The molecule has 1 fully saturated rings. The van der Waals surface area contributed by atoms with E-state index in [-0.39, 0.29) is 0 Å². The maximum atomic E-state index is 4.77. The van der Waals surface area contributed by atoms with Gasteiger partial charge in [0.15, 0.2) is 0 Å². The molecule has 6 heteroatoms. The third-order valence-electron chi connectivity index (χ3n) is 5.54. The highest BCUT2D eigenvalue weighted by molar-refractivity contribution is 5.91. The van der Waals surface area contributed by atoms with Crippen LogP contribution in [0.4, 0.5) is 17.3 Å². The monoisotopic (exact) mass is 396 g/mol. The number of nitrogens with zero attached hydrogens (tertiary/aromatic N) is 5. The van der Waals surface area contributed by atoms with Gasteiger partial charge in [-0.3, -0.25) is 4.98 Å². The molecule has 0 spiro atoms. The molecule has 1 N–H and O–H groups in total. The number of aromatic nitrogens is 3. The van der Waals surface area contributed by atoms with Gasteiger partial charge in [0.1, 0.15) is 5.52 Å². The predicted octanol–water partition coefficient (Wildman–Crippen LogP) is 4.19. The molecule has 6 nitrogen and oxygen atoms in total. The van der Waals surface area contributed by atoms with Crippen molar-refractivity contribution in [2.45, 2.75) is 0 Å². The minimum Gasteiger partial charge on any atom is -0.369 e. The number of benzene rings is 2. The van der Waals surface area contributed by atoms with Crippen LogP contribution in [0.15, 0.2) is 73.1 Å². The van der Waals surface area contributed by atoms with Crippen LogP contribution in [-0.4, -0.2) is 53.1 Å². The van der Waals surface area contributed by atoms with Gasteiger partial charge in [-0.2, -0.15) is 0 Å². The molecular weight excluding hydrogens is 372 g/mol. The number of rotatable bonds is 4. The van der Waals surface area contributed by atoms with Crippen molar-refractivity contribution in [2.24, 2.45) is 0 Å². The van der Waals surface area contributed by atoms with E-state index in [2.05, 4.69) is 56.4 Å². The van der Waals surface area contributed by atoms with Crippen molar-refractivity contribution in [3.63, 3.8) is 0 Å². The van der Waals surface area contributed by atoms with Crippen LogP contribution in [0, 0.1) is 0 Å². The van der Waals surface area contributed by atoms with E-state index in [1.165, 1.54) is 5.69 Å². The topological polar surface area (TPSA) is 57.2 Å². The molecule has 30 heavy (non-hydrogen) atoms. The van der Waals surface area contributed by atoms with Crippen molar-refractivity contribution >= 4 is 28.2 Å². The Morgan fingerprint density at radius 2 is 1.60 bits per heavy atom. The summed E-state index contributed by atoms with van der Waals surface area (Å²) in [6.45, 7) is 4.32. The fourth-order valence-corrected chi connectivity index (χ4v) is 3.77. The van der Waals surface area contributed by atoms with Gasteiger partial charge in [-0.05, 0) is 37.4 Å². The normalized spacial score (nSPS) is 14.8. The lowest BCUT2D eigenvalue weighted by molar-refractivity contribution is 0.313. The number of anilines is 3. The maximum absolute atomic E-state index is 4.77. The fourth-order valence-electron chi connectivity index (χ4n) is 3.77. The Kier molecular flexibility index (Phi) is 4.99. The molecule has 2 aromatic carbocycles. The van der Waals surface area contributed by atoms with Gasteiger partial charge in [0.05, 0.1) is 5.69 Å². The van der Waals surface area contributed by atoms with Crippen LogP contribution >= 0.6 is 0 Å². The lowest BCUT2D eigenvalue weighted by atomic mass is 10.1. The first-order chi connectivity index (χ1) is 14.8. The molecule has 150 valence electrons.